The summed E-state index contributed by atoms with van der Waals surface area (Å²) in [4.78, 5) is 27.0. The molecule has 0 saturated heterocycles. The van der Waals surface area contributed by atoms with Crippen molar-refractivity contribution < 1.29 is 19.4 Å². The van der Waals surface area contributed by atoms with Crippen molar-refractivity contribution in [2.45, 2.75) is 0 Å². The lowest BCUT2D eigenvalue weighted by molar-refractivity contribution is 0.102. The first-order chi connectivity index (χ1) is 12.0. The number of anilines is 1. The Balaban J connectivity index is 2.09. The number of aromatic hydroxyl groups is 1. The Morgan fingerprint density at radius 2 is 1.80 bits per heavy atom. The molecule has 0 radical (unpaired) electrons. The van der Waals surface area contributed by atoms with Crippen molar-refractivity contribution in [3.63, 3.8) is 0 Å². The van der Waals surface area contributed by atoms with E-state index in [9.17, 15) is 14.7 Å². The van der Waals surface area contributed by atoms with E-state index >= 15 is 0 Å². The summed E-state index contributed by atoms with van der Waals surface area (Å²) in [5.74, 6) is -0.117. The Bertz CT molecular complexity index is 1010. The molecule has 25 heavy (non-hydrogen) atoms. The summed E-state index contributed by atoms with van der Waals surface area (Å²) in [6.07, 6.45) is 0. The summed E-state index contributed by atoms with van der Waals surface area (Å²) in [6.45, 7) is 0. The maximum Gasteiger partial charge on any atom is 0.261 e. The Kier molecular flexibility index (Phi) is 4.30. The van der Waals surface area contributed by atoms with Gasteiger partial charge in [0.1, 0.15) is 17.1 Å². The summed E-state index contributed by atoms with van der Waals surface area (Å²) >= 11 is 0. The molecule has 7 heteroatoms. The van der Waals surface area contributed by atoms with Gasteiger partial charge in [-0.05, 0) is 18.2 Å². The highest BCUT2D eigenvalue weighted by atomic mass is 16.5. The number of aromatic amines is 1. The van der Waals surface area contributed by atoms with Crippen LogP contribution in [0.5, 0.6) is 17.4 Å². The summed E-state index contributed by atoms with van der Waals surface area (Å²) in [6, 6.07) is 11.5. The molecule has 7 nitrogen and oxygen atoms in total. The maximum absolute atomic E-state index is 12.7. The Morgan fingerprint density at radius 3 is 2.48 bits per heavy atom. The van der Waals surface area contributed by atoms with Crippen LogP contribution in [-0.2, 0) is 0 Å². The zero-order valence-electron chi connectivity index (χ0n) is 13.6. The van der Waals surface area contributed by atoms with Gasteiger partial charge in [0.05, 0.1) is 19.9 Å². The van der Waals surface area contributed by atoms with Crippen LogP contribution in [0, 0.1) is 0 Å². The zero-order valence-corrected chi connectivity index (χ0v) is 13.6. The number of pyridine rings is 1. The monoisotopic (exact) mass is 340 g/mol. The molecule has 0 fully saturated rings. The van der Waals surface area contributed by atoms with Gasteiger partial charge in [-0.2, -0.15) is 0 Å². The SMILES string of the molecule is COc1ccc(OC)c(NC(=O)c2c(O)[nH]c(=O)c3ccccc23)c1. The predicted octanol–water partition coefficient (Wildman–Crippen LogP) is 2.50. The number of ether oxygens (including phenoxy) is 2. The fraction of sp³-hybridized carbons (Fsp3) is 0.111. The van der Waals surface area contributed by atoms with E-state index in [4.69, 9.17) is 9.47 Å². The summed E-state index contributed by atoms with van der Waals surface area (Å²) in [5, 5.41) is 13.4. The Labute approximate surface area is 142 Å². The van der Waals surface area contributed by atoms with Gasteiger partial charge in [0.2, 0.25) is 5.88 Å². The van der Waals surface area contributed by atoms with Gasteiger partial charge in [-0.1, -0.05) is 18.2 Å². The number of carbonyl (C=O) groups is 1. The first kappa shape index (κ1) is 16.4. The first-order valence-electron chi connectivity index (χ1n) is 7.42. The number of fused-ring (bicyclic) bond motifs is 1. The molecule has 128 valence electrons. The van der Waals surface area contributed by atoms with Crippen LogP contribution in [0.4, 0.5) is 5.69 Å². The lowest BCUT2D eigenvalue weighted by atomic mass is 10.1. The minimum absolute atomic E-state index is 0.0277. The standard InChI is InChI=1S/C18H16N2O5/c1-24-10-7-8-14(25-2)13(9-10)19-17(22)15-11-5-3-4-6-12(11)16(21)20-18(15)23/h3-9H,1-2H3,(H,19,22)(H2,20,21,23). The largest absolute Gasteiger partial charge is 0.497 e. The first-order valence-corrected chi connectivity index (χ1v) is 7.42. The highest BCUT2D eigenvalue weighted by molar-refractivity contribution is 6.14. The van der Waals surface area contributed by atoms with Crippen molar-refractivity contribution in [3.8, 4) is 17.4 Å². The van der Waals surface area contributed by atoms with Crippen LogP contribution >= 0.6 is 0 Å². The van der Waals surface area contributed by atoms with E-state index in [0.717, 1.165) is 0 Å². The molecular weight excluding hydrogens is 324 g/mol. The van der Waals surface area contributed by atoms with Gasteiger partial charge in [0, 0.05) is 16.8 Å². The molecule has 0 bridgehead atoms. The second kappa shape index (κ2) is 6.56. The molecule has 0 atom stereocenters. The van der Waals surface area contributed by atoms with E-state index in [1.54, 1.807) is 42.5 Å². The van der Waals surface area contributed by atoms with E-state index < -0.39 is 17.3 Å². The van der Waals surface area contributed by atoms with Gasteiger partial charge in [0.25, 0.3) is 11.5 Å². The van der Waals surface area contributed by atoms with E-state index in [1.165, 1.54) is 14.2 Å². The van der Waals surface area contributed by atoms with Crippen LogP contribution in [0.1, 0.15) is 10.4 Å². The fourth-order valence-electron chi connectivity index (χ4n) is 2.59. The molecule has 0 unspecified atom stereocenters. The number of hydrogen-bond donors (Lipinski definition) is 3. The number of hydrogen-bond acceptors (Lipinski definition) is 5. The zero-order chi connectivity index (χ0) is 18.0. The van der Waals surface area contributed by atoms with Gasteiger partial charge in [0.15, 0.2) is 0 Å². The molecule has 0 aliphatic heterocycles. The van der Waals surface area contributed by atoms with E-state index in [1.807, 2.05) is 0 Å². The number of carbonyl (C=O) groups excluding carboxylic acids is 1. The van der Waals surface area contributed by atoms with Crippen LogP contribution < -0.4 is 20.3 Å². The van der Waals surface area contributed by atoms with Gasteiger partial charge >= 0.3 is 0 Å². The second-order valence-electron chi connectivity index (χ2n) is 5.24. The minimum Gasteiger partial charge on any atom is -0.497 e. The van der Waals surface area contributed by atoms with Crippen LogP contribution in [-0.4, -0.2) is 30.2 Å². The molecule has 1 amide bonds. The molecule has 0 aliphatic carbocycles. The van der Waals surface area contributed by atoms with Crippen molar-refractivity contribution in [3.05, 3.63) is 58.4 Å². The quantitative estimate of drug-likeness (QED) is 0.677. The highest BCUT2D eigenvalue weighted by Crippen LogP contribution is 2.30. The van der Waals surface area contributed by atoms with Crippen LogP contribution in [0.15, 0.2) is 47.3 Å². The van der Waals surface area contributed by atoms with E-state index in [-0.39, 0.29) is 5.56 Å². The van der Waals surface area contributed by atoms with Crippen LogP contribution in [0.3, 0.4) is 0 Å². The summed E-state index contributed by atoms with van der Waals surface area (Å²) in [5.41, 5.74) is -0.120. The second-order valence-corrected chi connectivity index (χ2v) is 5.24. The molecule has 0 aliphatic rings. The molecule has 2 aromatic carbocycles. The number of rotatable bonds is 4. The van der Waals surface area contributed by atoms with Gasteiger partial charge in [-0.25, -0.2) is 0 Å². The fourth-order valence-corrected chi connectivity index (χ4v) is 2.59. The normalized spacial score (nSPS) is 10.5. The number of benzene rings is 2. The third-order valence-corrected chi connectivity index (χ3v) is 3.79. The molecule has 0 saturated carbocycles. The van der Waals surface area contributed by atoms with Crippen molar-refractivity contribution in [2.24, 2.45) is 0 Å². The number of methoxy groups -OCH3 is 2. The molecule has 3 aromatic rings. The smallest absolute Gasteiger partial charge is 0.261 e. The Morgan fingerprint density at radius 1 is 1.08 bits per heavy atom. The molecule has 3 rings (SSSR count). The molecule has 3 N–H and O–H groups in total. The highest BCUT2D eigenvalue weighted by Gasteiger charge is 2.19. The average molecular weight is 340 g/mol. The van der Waals surface area contributed by atoms with E-state index in [0.29, 0.717) is 28.0 Å². The number of H-pyrrole nitrogens is 1. The number of amides is 1. The molecule has 1 heterocycles. The maximum atomic E-state index is 12.7. The van der Waals surface area contributed by atoms with Crippen LogP contribution in [0.2, 0.25) is 0 Å². The summed E-state index contributed by atoms with van der Waals surface area (Å²) < 4.78 is 10.4. The lowest BCUT2D eigenvalue weighted by Gasteiger charge is -2.13. The minimum atomic E-state index is -0.587. The summed E-state index contributed by atoms with van der Waals surface area (Å²) in [7, 11) is 2.99. The number of aromatic nitrogens is 1. The van der Waals surface area contributed by atoms with Gasteiger partial charge in [-0.15, -0.1) is 0 Å². The van der Waals surface area contributed by atoms with Crippen LogP contribution in [0.25, 0.3) is 10.8 Å². The van der Waals surface area contributed by atoms with Crippen molar-refractivity contribution in [2.75, 3.05) is 19.5 Å². The predicted molar refractivity (Wildman–Crippen MR) is 93.7 cm³/mol. The van der Waals surface area contributed by atoms with Gasteiger partial charge in [-0.3, -0.25) is 14.6 Å². The average Bonchev–Trinajstić information content (AvgIpc) is 2.61. The van der Waals surface area contributed by atoms with E-state index in [2.05, 4.69) is 10.3 Å². The van der Waals surface area contributed by atoms with Crippen molar-refractivity contribution in [1.82, 2.24) is 4.98 Å². The molecule has 0 spiro atoms. The number of nitrogens with one attached hydrogen (secondary N) is 2. The third kappa shape index (κ3) is 2.99. The lowest BCUT2D eigenvalue weighted by Crippen LogP contribution is -2.17. The topological polar surface area (TPSA) is 101 Å². The van der Waals surface area contributed by atoms with Gasteiger partial charge < -0.3 is 19.9 Å². The molecule has 1 aromatic heterocycles. The Hall–Kier alpha value is -3.48. The van der Waals surface area contributed by atoms with Crippen molar-refractivity contribution >= 4 is 22.4 Å². The molecular formula is C18H16N2O5. The third-order valence-electron chi connectivity index (χ3n) is 3.79. The van der Waals surface area contributed by atoms with Crippen molar-refractivity contribution in [1.29, 1.82) is 0 Å².